The Balaban J connectivity index is 2.29. The molecule has 1 N–H and O–H groups in total. The van der Waals surface area contributed by atoms with Crippen LogP contribution in [0.4, 0.5) is 22.0 Å². The Kier molecular flexibility index (Phi) is 5.75. The Morgan fingerprint density at radius 2 is 1.80 bits per heavy atom. The topological polar surface area (TPSA) is 71.7 Å². The van der Waals surface area contributed by atoms with Crippen molar-refractivity contribution >= 4 is 33.4 Å². The number of benzene rings is 2. The van der Waals surface area contributed by atoms with Crippen LogP contribution in [0.3, 0.4) is 0 Å². The monoisotopic (exact) mass is 444 g/mol. The molecule has 1 unspecified atom stereocenters. The molecule has 1 aromatic heterocycles. The fraction of sp³-hybridized carbons (Fsp3) is 0.211. The van der Waals surface area contributed by atoms with Crippen molar-refractivity contribution in [3.05, 3.63) is 64.0 Å². The van der Waals surface area contributed by atoms with Crippen LogP contribution in [0.1, 0.15) is 35.3 Å². The van der Waals surface area contributed by atoms with Crippen LogP contribution in [0, 0.1) is 11.6 Å². The molecule has 2 aromatic carbocycles. The number of hydrogen-bond donors (Lipinski definition) is 1. The molecule has 158 valence electrons. The van der Waals surface area contributed by atoms with Gasteiger partial charge in [-0.15, -0.1) is 0 Å². The van der Waals surface area contributed by atoms with Crippen molar-refractivity contribution in [3.8, 4) is 0 Å². The lowest BCUT2D eigenvalue weighted by Crippen LogP contribution is -2.27. The van der Waals surface area contributed by atoms with Crippen LogP contribution < -0.4 is 4.80 Å². The normalized spacial score (nSPS) is 13.6. The Labute approximate surface area is 169 Å². The van der Waals surface area contributed by atoms with Crippen molar-refractivity contribution in [1.29, 1.82) is 0 Å². The second-order valence-corrected chi connectivity index (χ2v) is 7.22. The second-order valence-electron chi connectivity index (χ2n) is 6.21. The molecule has 3 aromatic rings. The SMILES string of the molecule is CCC(C(=O)O)n1c(=NC(=O)c2ccccc2C(F)(F)F)sc2cc(F)c(F)cc21. The van der Waals surface area contributed by atoms with Crippen molar-refractivity contribution in [1.82, 2.24) is 4.57 Å². The number of rotatable bonds is 4. The number of aromatic nitrogens is 1. The number of carbonyl (C=O) groups excluding carboxylic acids is 1. The van der Waals surface area contributed by atoms with Gasteiger partial charge in [-0.1, -0.05) is 30.4 Å². The molecule has 1 heterocycles. The van der Waals surface area contributed by atoms with Crippen LogP contribution in [0.2, 0.25) is 0 Å². The molecule has 0 bridgehead atoms. The summed E-state index contributed by atoms with van der Waals surface area (Å²) < 4.78 is 68.1. The van der Waals surface area contributed by atoms with Crippen LogP contribution in [0.5, 0.6) is 0 Å². The molecule has 1 atom stereocenters. The van der Waals surface area contributed by atoms with E-state index in [1.54, 1.807) is 0 Å². The number of amides is 1. The Morgan fingerprint density at radius 1 is 1.17 bits per heavy atom. The van der Waals surface area contributed by atoms with Crippen molar-refractivity contribution in [2.24, 2.45) is 4.99 Å². The number of hydrogen-bond acceptors (Lipinski definition) is 3. The molecule has 0 saturated heterocycles. The molecule has 30 heavy (non-hydrogen) atoms. The summed E-state index contributed by atoms with van der Waals surface area (Å²) in [5.41, 5.74) is -1.97. The van der Waals surface area contributed by atoms with Crippen LogP contribution in [-0.2, 0) is 11.0 Å². The Hall–Kier alpha value is -3.08. The zero-order valence-corrected chi connectivity index (χ0v) is 16.0. The first-order valence-corrected chi connectivity index (χ1v) is 9.34. The van der Waals surface area contributed by atoms with Gasteiger partial charge in [-0.25, -0.2) is 13.6 Å². The smallest absolute Gasteiger partial charge is 0.417 e. The molecule has 0 aliphatic heterocycles. The van der Waals surface area contributed by atoms with Gasteiger partial charge in [-0.05, 0) is 24.6 Å². The van der Waals surface area contributed by atoms with E-state index in [1.165, 1.54) is 13.0 Å². The standard InChI is InChI=1S/C19H13F5N2O3S/c1-2-13(17(28)29)26-14-7-11(20)12(21)8-15(14)30-18(26)25-16(27)9-5-3-4-6-10(9)19(22,23)24/h3-8,13H,2H2,1H3,(H,28,29). The first-order chi connectivity index (χ1) is 14.0. The lowest BCUT2D eigenvalue weighted by atomic mass is 10.1. The van der Waals surface area contributed by atoms with Gasteiger partial charge < -0.3 is 9.67 Å². The van der Waals surface area contributed by atoms with Crippen LogP contribution >= 0.6 is 11.3 Å². The quantitative estimate of drug-likeness (QED) is 0.589. The summed E-state index contributed by atoms with van der Waals surface area (Å²) in [6.45, 7) is 1.51. The number of thiazole rings is 1. The first kappa shape index (κ1) is 21.6. The van der Waals surface area contributed by atoms with E-state index in [4.69, 9.17) is 0 Å². The second kappa shape index (κ2) is 7.98. The minimum Gasteiger partial charge on any atom is -0.480 e. The molecule has 0 radical (unpaired) electrons. The van der Waals surface area contributed by atoms with E-state index in [0.29, 0.717) is 11.3 Å². The van der Waals surface area contributed by atoms with E-state index in [0.717, 1.165) is 34.9 Å². The fourth-order valence-corrected chi connectivity index (χ4v) is 4.02. The maximum absolute atomic E-state index is 13.8. The molecule has 0 aliphatic rings. The average Bonchev–Trinajstić information content (AvgIpc) is 2.98. The third-order valence-electron chi connectivity index (χ3n) is 4.31. The number of carbonyl (C=O) groups is 2. The van der Waals surface area contributed by atoms with Crippen LogP contribution in [-0.4, -0.2) is 21.6 Å². The molecule has 3 rings (SSSR count). The number of carboxylic acids is 1. The first-order valence-electron chi connectivity index (χ1n) is 8.52. The van der Waals surface area contributed by atoms with E-state index in [2.05, 4.69) is 4.99 Å². The average molecular weight is 444 g/mol. The van der Waals surface area contributed by atoms with Crippen molar-refractivity contribution in [2.45, 2.75) is 25.6 Å². The number of nitrogens with zero attached hydrogens (tertiary/aromatic N) is 2. The highest BCUT2D eigenvalue weighted by molar-refractivity contribution is 7.16. The lowest BCUT2D eigenvalue weighted by Gasteiger charge is -2.13. The molecule has 0 fully saturated rings. The summed E-state index contributed by atoms with van der Waals surface area (Å²) in [5.74, 6) is -5.02. The predicted molar refractivity (Wildman–Crippen MR) is 98.0 cm³/mol. The Bertz CT molecular complexity index is 1210. The van der Waals surface area contributed by atoms with Gasteiger partial charge in [0.05, 0.1) is 21.3 Å². The zero-order chi connectivity index (χ0) is 22.2. The third kappa shape index (κ3) is 3.97. The molecule has 0 spiro atoms. The molecule has 1 amide bonds. The van der Waals surface area contributed by atoms with Gasteiger partial charge in [0.15, 0.2) is 16.4 Å². The summed E-state index contributed by atoms with van der Waals surface area (Å²) >= 11 is 0.668. The van der Waals surface area contributed by atoms with Crippen LogP contribution in [0.15, 0.2) is 41.4 Å². The van der Waals surface area contributed by atoms with Crippen molar-refractivity contribution in [2.75, 3.05) is 0 Å². The predicted octanol–water partition coefficient (Wildman–Crippen LogP) is 4.78. The lowest BCUT2D eigenvalue weighted by molar-refractivity contribution is -0.141. The summed E-state index contributed by atoms with van der Waals surface area (Å²) in [6, 6.07) is 4.29. The minimum absolute atomic E-state index is 0.000672. The van der Waals surface area contributed by atoms with Gasteiger partial charge >= 0.3 is 12.1 Å². The maximum atomic E-state index is 13.8. The van der Waals surface area contributed by atoms with Gasteiger partial charge in [-0.2, -0.15) is 18.2 Å². The number of halogens is 5. The molecule has 11 heteroatoms. The van der Waals surface area contributed by atoms with Gasteiger partial charge in [0.1, 0.15) is 6.04 Å². The summed E-state index contributed by atoms with van der Waals surface area (Å²) in [5, 5.41) is 9.50. The van der Waals surface area contributed by atoms with E-state index < -0.39 is 46.9 Å². The van der Waals surface area contributed by atoms with Crippen LogP contribution in [0.25, 0.3) is 10.2 Å². The number of aliphatic carboxylic acids is 1. The number of carboxylic acid groups (broad SMARTS) is 1. The largest absolute Gasteiger partial charge is 0.480 e. The fourth-order valence-electron chi connectivity index (χ4n) is 2.95. The highest BCUT2D eigenvalue weighted by Crippen LogP contribution is 2.32. The van der Waals surface area contributed by atoms with Crippen molar-refractivity contribution < 1.29 is 36.6 Å². The van der Waals surface area contributed by atoms with Gasteiger partial charge in [0.2, 0.25) is 0 Å². The minimum atomic E-state index is -4.81. The maximum Gasteiger partial charge on any atom is 0.417 e. The summed E-state index contributed by atoms with van der Waals surface area (Å²) in [7, 11) is 0. The van der Waals surface area contributed by atoms with E-state index in [1.807, 2.05) is 0 Å². The number of alkyl halides is 3. The molecule has 0 saturated carbocycles. The highest BCUT2D eigenvalue weighted by atomic mass is 32.1. The molecule has 0 aliphatic carbocycles. The van der Waals surface area contributed by atoms with Gasteiger partial charge in [0.25, 0.3) is 5.91 Å². The van der Waals surface area contributed by atoms with Crippen molar-refractivity contribution in [3.63, 3.8) is 0 Å². The third-order valence-corrected chi connectivity index (χ3v) is 5.33. The van der Waals surface area contributed by atoms with E-state index >= 15 is 0 Å². The van der Waals surface area contributed by atoms with Gasteiger partial charge in [-0.3, -0.25) is 4.79 Å². The molecular formula is C19H13F5N2O3S. The van der Waals surface area contributed by atoms with E-state index in [-0.39, 0.29) is 21.4 Å². The summed E-state index contributed by atoms with van der Waals surface area (Å²) in [4.78, 5) is 27.6. The highest BCUT2D eigenvalue weighted by Gasteiger charge is 2.35. The summed E-state index contributed by atoms with van der Waals surface area (Å²) in [6.07, 6.45) is -4.81. The molecule has 5 nitrogen and oxygen atoms in total. The molecular weight excluding hydrogens is 431 g/mol. The number of fused-ring (bicyclic) bond motifs is 1. The van der Waals surface area contributed by atoms with Gasteiger partial charge in [0, 0.05) is 6.07 Å². The zero-order valence-electron chi connectivity index (χ0n) is 15.2. The van der Waals surface area contributed by atoms with E-state index in [9.17, 15) is 36.6 Å². The Morgan fingerprint density at radius 3 is 2.40 bits per heavy atom.